The van der Waals surface area contributed by atoms with Crippen molar-refractivity contribution in [2.75, 3.05) is 49.5 Å². The molecule has 5 rings (SSSR count). The van der Waals surface area contributed by atoms with E-state index in [2.05, 4.69) is 21.2 Å². The summed E-state index contributed by atoms with van der Waals surface area (Å²) in [5.74, 6) is 0.969. The highest BCUT2D eigenvalue weighted by Gasteiger charge is 2.19. The molecule has 1 fully saturated rings. The van der Waals surface area contributed by atoms with Gasteiger partial charge in [-0.15, -0.1) is 23.7 Å². The molecule has 5 nitrogen and oxygen atoms in total. The van der Waals surface area contributed by atoms with Crippen LogP contribution in [0.4, 0.5) is 15.8 Å². The third-order valence-electron chi connectivity index (χ3n) is 6.33. The van der Waals surface area contributed by atoms with Gasteiger partial charge in [-0.2, -0.15) is 4.39 Å². The maximum atomic E-state index is 13.7. The maximum absolute atomic E-state index is 13.7. The van der Waals surface area contributed by atoms with Gasteiger partial charge >= 0.3 is 0 Å². The Kier molecular flexibility index (Phi) is 7.73. The van der Waals surface area contributed by atoms with Gasteiger partial charge < -0.3 is 15.0 Å². The van der Waals surface area contributed by atoms with E-state index in [1.165, 1.54) is 11.3 Å². The van der Waals surface area contributed by atoms with E-state index in [1.807, 2.05) is 30.3 Å². The van der Waals surface area contributed by atoms with Crippen LogP contribution in [0.5, 0.6) is 5.75 Å². The molecule has 0 spiro atoms. The van der Waals surface area contributed by atoms with E-state index in [4.69, 9.17) is 4.74 Å². The molecule has 1 saturated heterocycles. The topological polar surface area (TPSA) is 44.8 Å². The molecule has 0 unspecified atom stereocenters. The summed E-state index contributed by atoms with van der Waals surface area (Å²) in [6.45, 7) is 5.78. The number of ether oxygens (including phenoxy) is 1. The molecule has 2 aliphatic heterocycles. The Hall–Kier alpha value is -2.35. The average molecular weight is 490 g/mol. The van der Waals surface area contributed by atoms with Crippen molar-refractivity contribution in [2.45, 2.75) is 25.7 Å². The summed E-state index contributed by atoms with van der Waals surface area (Å²) < 4.78 is 20.7. The molecule has 1 amide bonds. The fourth-order valence-electron chi connectivity index (χ4n) is 4.58. The second-order valence-electron chi connectivity index (χ2n) is 8.49. The number of thiophene rings is 1. The lowest BCUT2D eigenvalue weighted by atomic mass is 10.0. The lowest BCUT2D eigenvalue weighted by Crippen LogP contribution is -2.46. The zero-order chi connectivity index (χ0) is 21.9. The summed E-state index contributed by atoms with van der Waals surface area (Å²) in [5, 5.41) is 3.82. The van der Waals surface area contributed by atoms with E-state index in [9.17, 15) is 9.18 Å². The number of carbonyl (C=O) groups is 1. The first-order chi connectivity index (χ1) is 15.7. The van der Waals surface area contributed by atoms with Crippen molar-refractivity contribution >= 4 is 51.1 Å². The van der Waals surface area contributed by atoms with Gasteiger partial charge in [0, 0.05) is 54.1 Å². The molecule has 0 atom stereocenters. The van der Waals surface area contributed by atoms with Gasteiger partial charge in [0.25, 0.3) is 0 Å². The molecule has 33 heavy (non-hydrogen) atoms. The molecular weight excluding hydrogens is 461 g/mol. The molecule has 2 aromatic carbocycles. The molecule has 0 aliphatic carbocycles. The number of aryl methyl sites for hydroxylation is 1. The third-order valence-corrected chi connectivity index (χ3v) is 7.22. The molecule has 1 aromatic heterocycles. The number of benzene rings is 2. The number of anilines is 2. The number of halogens is 2. The second kappa shape index (κ2) is 10.7. The Morgan fingerprint density at radius 1 is 1.03 bits per heavy atom. The number of hydrogen-bond donors (Lipinski definition) is 1. The zero-order valence-electron chi connectivity index (χ0n) is 18.5. The van der Waals surface area contributed by atoms with Gasteiger partial charge in [-0.3, -0.25) is 9.69 Å². The minimum absolute atomic E-state index is 0. The van der Waals surface area contributed by atoms with E-state index in [0.717, 1.165) is 84.8 Å². The quantitative estimate of drug-likeness (QED) is 0.456. The Morgan fingerprint density at radius 2 is 1.88 bits per heavy atom. The van der Waals surface area contributed by atoms with Crippen molar-refractivity contribution in [3.63, 3.8) is 0 Å². The van der Waals surface area contributed by atoms with E-state index in [1.54, 1.807) is 6.07 Å². The first-order valence-electron chi connectivity index (χ1n) is 11.4. The molecule has 3 aromatic rings. The number of fused-ring (bicyclic) bond motifs is 2. The minimum atomic E-state index is -0.115. The van der Waals surface area contributed by atoms with Gasteiger partial charge in [0.1, 0.15) is 5.75 Å². The van der Waals surface area contributed by atoms with Crippen LogP contribution in [0.3, 0.4) is 0 Å². The number of carbonyl (C=O) groups excluding carboxylic acids is 1. The number of rotatable bonds is 7. The van der Waals surface area contributed by atoms with E-state index >= 15 is 0 Å². The number of amides is 1. The van der Waals surface area contributed by atoms with Crippen molar-refractivity contribution in [1.29, 1.82) is 0 Å². The van der Waals surface area contributed by atoms with Gasteiger partial charge in [0.15, 0.2) is 5.13 Å². The first kappa shape index (κ1) is 23.8. The summed E-state index contributed by atoms with van der Waals surface area (Å²) in [7, 11) is 0. The average Bonchev–Trinajstić information content (AvgIpc) is 3.19. The van der Waals surface area contributed by atoms with Crippen LogP contribution in [0.2, 0.25) is 0 Å². The van der Waals surface area contributed by atoms with Crippen LogP contribution in [0.15, 0.2) is 42.5 Å². The molecule has 0 radical (unpaired) electrons. The number of piperazine rings is 1. The third kappa shape index (κ3) is 5.60. The molecule has 1 N–H and O–H groups in total. The van der Waals surface area contributed by atoms with Gasteiger partial charge in [0.2, 0.25) is 5.91 Å². The zero-order valence-corrected chi connectivity index (χ0v) is 20.2. The molecule has 8 heteroatoms. The highest BCUT2D eigenvalue weighted by molar-refractivity contribution is 7.17. The summed E-state index contributed by atoms with van der Waals surface area (Å²) in [5.41, 5.74) is 3.22. The summed E-state index contributed by atoms with van der Waals surface area (Å²) >= 11 is 1.22. The monoisotopic (exact) mass is 489 g/mol. The number of unbranched alkanes of at least 4 members (excludes halogenated alkanes) is 1. The van der Waals surface area contributed by atoms with E-state index in [0.29, 0.717) is 13.0 Å². The molecule has 3 heterocycles. The van der Waals surface area contributed by atoms with Crippen LogP contribution in [0.1, 0.15) is 24.8 Å². The van der Waals surface area contributed by atoms with Crippen LogP contribution in [-0.4, -0.2) is 50.1 Å². The largest absolute Gasteiger partial charge is 0.494 e. The minimum Gasteiger partial charge on any atom is -0.494 e. The van der Waals surface area contributed by atoms with E-state index < -0.39 is 0 Å². The van der Waals surface area contributed by atoms with Gasteiger partial charge in [-0.1, -0.05) is 6.07 Å². The lowest BCUT2D eigenvalue weighted by molar-refractivity contribution is -0.116. The fraction of sp³-hybridized carbons (Fsp3) is 0.400. The molecule has 0 saturated carbocycles. The van der Waals surface area contributed by atoms with Crippen molar-refractivity contribution in [1.82, 2.24) is 4.90 Å². The summed E-state index contributed by atoms with van der Waals surface area (Å²) in [4.78, 5) is 16.4. The number of nitrogens with zero attached hydrogens (tertiary/aromatic N) is 2. The summed E-state index contributed by atoms with van der Waals surface area (Å²) in [6.07, 6.45) is 3.44. The van der Waals surface area contributed by atoms with E-state index in [-0.39, 0.29) is 23.4 Å². The fourth-order valence-corrected chi connectivity index (χ4v) is 5.39. The van der Waals surface area contributed by atoms with Crippen molar-refractivity contribution in [2.24, 2.45) is 0 Å². The highest BCUT2D eigenvalue weighted by atomic mass is 35.5. The van der Waals surface area contributed by atoms with Gasteiger partial charge in [0.05, 0.1) is 6.61 Å². The van der Waals surface area contributed by atoms with Crippen molar-refractivity contribution < 1.29 is 13.9 Å². The van der Waals surface area contributed by atoms with Crippen LogP contribution >= 0.6 is 23.7 Å². The maximum Gasteiger partial charge on any atom is 0.224 e. The molecule has 0 bridgehead atoms. The predicted octanol–water partition coefficient (Wildman–Crippen LogP) is 5.33. The van der Waals surface area contributed by atoms with Crippen LogP contribution in [0, 0.1) is 5.13 Å². The Morgan fingerprint density at radius 3 is 2.73 bits per heavy atom. The van der Waals surface area contributed by atoms with Crippen LogP contribution < -0.4 is 15.0 Å². The Labute approximate surface area is 203 Å². The Bertz CT molecular complexity index is 1110. The number of hydrogen-bond acceptors (Lipinski definition) is 5. The summed E-state index contributed by atoms with van der Waals surface area (Å²) in [6, 6.07) is 13.7. The first-order valence-corrected chi connectivity index (χ1v) is 12.2. The lowest BCUT2D eigenvalue weighted by Gasteiger charge is -2.36. The van der Waals surface area contributed by atoms with Gasteiger partial charge in [-0.25, -0.2) is 0 Å². The van der Waals surface area contributed by atoms with Gasteiger partial charge in [-0.05, 0) is 67.8 Å². The Balaban J connectivity index is 0.00000259. The molecule has 176 valence electrons. The SMILES string of the molecule is Cl.O=C1CCc2cc(OCCCCN3CCN(c4cccc5sc(F)cc45)CC3)ccc2N1. The van der Waals surface area contributed by atoms with Crippen molar-refractivity contribution in [3.05, 3.63) is 53.2 Å². The van der Waals surface area contributed by atoms with Crippen molar-refractivity contribution in [3.8, 4) is 5.75 Å². The smallest absolute Gasteiger partial charge is 0.224 e. The standard InChI is InChI=1S/C25H28FN3O2S.ClH/c26-24-17-20-22(4-3-5-23(20)32-24)29-13-11-28(12-14-29)10-1-2-15-31-19-7-8-21-18(16-19)6-9-25(30)27-21;/h3-5,7-8,16-17H,1-2,6,9-15H2,(H,27,30);1H. The van der Waals surface area contributed by atoms with Crippen LogP contribution in [-0.2, 0) is 11.2 Å². The second-order valence-corrected chi connectivity index (χ2v) is 9.52. The van der Waals surface area contributed by atoms with Crippen LogP contribution in [0.25, 0.3) is 10.1 Å². The number of nitrogens with one attached hydrogen (secondary N) is 1. The predicted molar refractivity (Wildman–Crippen MR) is 136 cm³/mol. The molecule has 2 aliphatic rings. The normalized spacial score (nSPS) is 16.3. The highest BCUT2D eigenvalue weighted by Crippen LogP contribution is 2.33. The molecular formula is C25H29ClFN3O2S.